The van der Waals surface area contributed by atoms with Crippen LogP contribution in [-0.4, -0.2) is 0 Å². The zero-order valence-electron chi connectivity index (χ0n) is 11.6. The summed E-state index contributed by atoms with van der Waals surface area (Å²) in [4.78, 5) is 0. The predicted molar refractivity (Wildman–Crippen MR) is 77.9 cm³/mol. The first kappa shape index (κ1) is 11.5. The second-order valence-corrected chi connectivity index (χ2v) is 6.34. The van der Waals surface area contributed by atoms with E-state index in [1.807, 2.05) is 0 Å². The van der Waals surface area contributed by atoms with Crippen molar-refractivity contribution in [1.29, 1.82) is 0 Å². The van der Waals surface area contributed by atoms with Crippen molar-refractivity contribution in [1.82, 2.24) is 0 Å². The van der Waals surface area contributed by atoms with Gasteiger partial charge in [-0.15, -0.1) is 0 Å². The summed E-state index contributed by atoms with van der Waals surface area (Å²) in [6, 6.07) is 17.7. The van der Waals surface area contributed by atoms with Crippen LogP contribution in [0, 0.1) is 0 Å². The second kappa shape index (κ2) is 3.47. The van der Waals surface area contributed by atoms with E-state index in [0.29, 0.717) is 0 Å². The fourth-order valence-electron chi connectivity index (χ4n) is 3.20. The number of hydrogen-bond donors (Lipinski definition) is 0. The quantitative estimate of drug-likeness (QED) is 0.609. The Balaban J connectivity index is 2.43. The molecule has 0 bridgehead atoms. The van der Waals surface area contributed by atoms with Crippen LogP contribution in [0.2, 0.25) is 0 Å². The molecule has 0 unspecified atom stereocenters. The summed E-state index contributed by atoms with van der Waals surface area (Å²) >= 11 is 0. The molecule has 0 radical (unpaired) electrons. The summed E-state index contributed by atoms with van der Waals surface area (Å²) < 4.78 is 0. The van der Waals surface area contributed by atoms with Crippen molar-refractivity contribution in [2.75, 3.05) is 0 Å². The summed E-state index contributed by atoms with van der Waals surface area (Å²) in [7, 11) is 0. The first-order valence-electron chi connectivity index (χ1n) is 6.65. The molecule has 0 atom stereocenters. The molecule has 0 fully saturated rings. The standard InChI is InChI=1S/C18H20/c1-17(2)15-11-7-5-9-13(15)14-10-6-8-12-16(14)18(17,3)4/h5-12H,1-4H3. The topological polar surface area (TPSA) is 0 Å². The predicted octanol–water partition coefficient (Wildman–Crippen LogP) is 4.92. The monoisotopic (exact) mass is 236 g/mol. The van der Waals surface area contributed by atoms with E-state index in [2.05, 4.69) is 76.2 Å². The van der Waals surface area contributed by atoms with E-state index < -0.39 is 0 Å². The second-order valence-electron chi connectivity index (χ2n) is 6.34. The Morgan fingerprint density at radius 1 is 0.556 bits per heavy atom. The molecule has 3 rings (SSSR count). The van der Waals surface area contributed by atoms with Crippen molar-refractivity contribution in [3.05, 3.63) is 59.7 Å². The molecule has 0 saturated carbocycles. The van der Waals surface area contributed by atoms with Crippen LogP contribution in [-0.2, 0) is 10.8 Å². The molecule has 2 aromatic carbocycles. The lowest BCUT2D eigenvalue weighted by molar-refractivity contribution is 0.299. The first-order chi connectivity index (χ1) is 8.46. The highest BCUT2D eigenvalue weighted by Crippen LogP contribution is 2.53. The highest BCUT2D eigenvalue weighted by Gasteiger charge is 2.45. The maximum absolute atomic E-state index is 2.36. The van der Waals surface area contributed by atoms with Gasteiger partial charge in [0.2, 0.25) is 0 Å². The van der Waals surface area contributed by atoms with Crippen molar-refractivity contribution in [3.63, 3.8) is 0 Å². The van der Waals surface area contributed by atoms with Gasteiger partial charge in [-0.05, 0) is 33.1 Å². The van der Waals surface area contributed by atoms with E-state index >= 15 is 0 Å². The minimum absolute atomic E-state index is 0.151. The molecule has 0 amide bonds. The highest BCUT2D eigenvalue weighted by atomic mass is 14.5. The number of rotatable bonds is 0. The molecule has 0 spiro atoms. The van der Waals surface area contributed by atoms with Gasteiger partial charge in [0.25, 0.3) is 0 Å². The van der Waals surface area contributed by atoms with Gasteiger partial charge in [0.05, 0.1) is 0 Å². The minimum atomic E-state index is 0.151. The fourth-order valence-corrected chi connectivity index (χ4v) is 3.20. The maximum Gasteiger partial charge on any atom is -0.000568 e. The average molecular weight is 236 g/mol. The minimum Gasteiger partial charge on any atom is -0.0619 e. The van der Waals surface area contributed by atoms with Gasteiger partial charge in [-0.3, -0.25) is 0 Å². The van der Waals surface area contributed by atoms with Crippen LogP contribution in [0.3, 0.4) is 0 Å². The van der Waals surface area contributed by atoms with E-state index in [1.165, 1.54) is 22.3 Å². The highest BCUT2D eigenvalue weighted by molar-refractivity contribution is 5.77. The smallest absolute Gasteiger partial charge is 0.000568 e. The Bertz CT molecular complexity index is 547. The van der Waals surface area contributed by atoms with E-state index in [1.54, 1.807) is 0 Å². The number of hydrogen-bond acceptors (Lipinski definition) is 0. The lowest BCUT2D eigenvalue weighted by atomic mass is 9.55. The summed E-state index contributed by atoms with van der Waals surface area (Å²) in [5.41, 5.74) is 6.04. The fraction of sp³-hybridized carbons (Fsp3) is 0.333. The average Bonchev–Trinajstić information content (AvgIpc) is 2.37. The van der Waals surface area contributed by atoms with Gasteiger partial charge in [0, 0.05) is 0 Å². The van der Waals surface area contributed by atoms with Crippen LogP contribution in [0.5, 0.6) is 0 Å². The third kappa shape index (κ3) is 1.26. The molecule has 1 aliphatic rings. The molecule has 0 heterocycles. The molecule has 2 aromatic rings. The molecule has 0 saturated heterocycles. The van der Waals surface area contributed by atoms with Gasteiger partial charge in [0.1, 0.15) is 0 Å². The van der Waals surface area contributed by atoms with Crippen molar-refractivity contribution >= 4 is 0 Å². The van der Waals surface area contributed by atoms with Crippen molar-refractivity contribution in [3.8, 4) is 11.1 Å². The SMILES string of the molecule is CC1(C)c2ccccc2-c2ccccc2C1(C)C. The Kier molecular flexibility index (Phi) is 2.22. The number of benzene rings is 2. The van der Waals surface area contributed by atoms with E-state index in [9.17, 15) is 0 Å². The van der Waals surface area contributed by atoms with Gasteiger partial charge >= 0.3 is 0 Å². The third-order valence-electron chi connectivity index (χ3n) is 5.05. The summed E-state index contributed by atoms with van der Waals surface area (Å²) in [5.74, 6) is 0. The summed E-state index contributed by atoms with van der Waals surface area (Å²) in [6.07, 6.45) is 0. The van der Waals surface area contributed by atoms with Gasteiger partial charge in [-0.2, -0.15) is 0 Å². The van der Waals surface area contributed by atoms with Crippen LogP contribution in [0.15, 0.2) is 48.5 Å². The zero-order valence-corrected chi connectivity index (χ0v) is 11.6. The van der Waals surface area contributed by atoms with Gasteiger partial charge in [-0.25, -0.2) is 0 Å². The Labute approximate surface area is 110 Å². The first-order valence-corrected chi connectivity index (χ1v) is 6.65. The maximum atomic E-state index is 2.36. The molecular formula is C18H20. The van der Waals surface area contributed by atoms with Gasteiger partial charge in [-0.1, -0.05) is 76.2 Å². The Hall–Kier alpha value is -1.56. The normalized spacial score (nSPS) is 18.9. The van der Waals surface area contributed by atoms with Crippen LogP contribution in [0.1, 0.15) is 38.8 Å². The zero-order chi connectivity index (χ0) is 13.0. The third-order valence-corrected chi connectivity index (χ3v) is 5.05. The number of fused-ring (bicyclic) bond motifs is 3. The Morgan fingerprint density at radius 2 is 0.889 bits per heavy atom. The van der Waals surface area contributed by atoms with E-state index in [0.717, 1.165) is 0 Å². The molecule has 92 valence electrons. The van der Waals surface area contributed by atoms with Crippen molar-refractivity contribution < 1.29 is 0 Å². The molecule has 0 N–H and O–H groups in total. The Morgan fingerprint density at radius 3 is 1.28 bits per heavy atom. The van der Waals surface area contributed by atoms with Crippen molar-refractivity contribution in [2.45, 2.75) is 38.5 Å². The van der Waals surface area contributed by atoms with Gasteiger partial charge < -0.3 is 0 Å². The molecule has 18 heavy (non-hydrogen) atoms. The molecule has 1 aliphatic carbocycles. The largest absolute Gasteiger partial charge is 0.0619 e. The molecule has 0 heteroatoms. The van der Waals surface area contributed by atoms with Crippen LogP contribution < -0.4 is 0 Å². The van der Waals surface area contributed by atoms with Gasteiger partial charge in [0.15, 0.2) is 0 Å². The van der Waals surface area contributed by atoms with E-state index in [4.69, 9.17) is 0 Å². The van der Waals surface area contributed by atoms with Crippen LogP contribution >= 0.6 is 0 Å². The van der Waals surface area contributed by atoms with E-state index in [-0.39, 0.29) is 10.8 Å². The molecule has 0 nitrogen and oxygen atoms in total. The lowest BCUT2D eigenvalue weighted by Crippen LogP contribution is -2.43. The van der Waals surface area contributed by atoms with Crippen LogP contribution in [0.25, 0.3) is 11.1 Å². The summed E-state index contributed by atoms with van der Waals surface area (Å²) in [6.45, 7) is 9.45. The van der Waals surface area contributed by atoms with Crippen LogP contribution in [0.4, 0.5) is 0 Å². The lowest BCUT2D eigenvalue weighted by Gasteiger charge is -2.48. The molecule has 0 aromatic heterocycles. The molecular weight excluding hydrogens is 216 g/mol. The summed E-state index contributed by atoms with van der Waals surface area (Å²) in [5, 5.41) is 0. The van der Waals surface area contributed by atoms with Crippen molar-refractivity contribution in [2.24, 2.45) is 0 Å². The molecule has 0 aliphatic heterocycles.